The van der Waals surface area contributed by atoms with Crippen LogP contribution in [0.3, 0.4) is 0 Å². The first-order chi connectivity index (χ1) is 13.3. The van der Waals surface area contributed by atoms with Gasteiger partial charge in [0.1, 0.15) is 5.75 Å². The van der Waals surface area contributed by atoms with Crippen LogP contribution in [0.2, 0.25) is 0 Å². The molecule has 0 aliphatic rings. The summed E-state index contributed by atoms with van der Waals surface area (Å²) in [6.45, 7) is 3.00. The predicted octanol–water partition coefficient (Wildman–Crippen LogP) is 4.67. The number of carbonyl (C=O) groups is 1. The van der Waals surface area contributed by atoms with Crippen LogP contribution >= 0.6 is 0 Å². The first kappa shape index (κ1) is 18.5. The molecule has 138 valence electrons. The molecule has 0 aliphatic heterocycles. The summed E-state index contributed by atoms with van der Waals surface area (Å²) in [5.74, 6) is 0.809. The Morgan fingerprint density at radius 1 is 0.889 bits per heavy atom. The standard InChI is InChI=1S/C23H24N2O2/c1-2-27-21-15-9-10-18(16-21)17-24-23(26)25-22(19-11-5-3-6-12-19)20-13-7-4-8-14-20/h3-16,22H,2,17H2,1H3,(H2,24,25,26). The number of nitrogens with one attached hydrogen (secondary N) is 2. The lowest BCUT2D eigenvalue weighted by atomic mass is 9.99. The lowest BCUT2D eigenvalue weighted by Crippen LogP contribution is -2.38. The van der Waals surface area contributed by atoms with E-state index in [1.165, 1.54) is 0 Å². The Kier molecular flexibility index (Phi) is 6.47. The van der Waals surface area contributed by atoms with Crippen LogP contribution in [0.1, 0.15) is 29.7 Å². The fourth-order valence-corrected chi connectivity index (χ4v) is 2.93. The zero-order valence-electron chi connectivity index (χ0n) is 15.4. The summed E-state index contributed by atoms with van der Waals surface area (Å²) >= 11 is 0. The van der Waals surface area contributed by atoms with Gasteiger partial charge in [-0.05, 0) is 35.7 Å². The normalized spacial score (nSPS) is 10.4. The topological polar surface area (TPSA) is 50.4 Å². The van der Waals surface area contributed by atoms with Gasteiger partial charge in [-0.1, -0.05) is 72.8 Å². The summed E-state index contributed by atoms with van der Waals surface area (Å²) in [7, 11) is 0. The van der Waals surface area contributed by atoms with Crippen molar-refractivity contribution in [3.8, 4) is 5.75 Å². The first-order valence-electron chi connectivity index (χ1n) is 9.12. The Morgan fingerprint density at radius 2 is 1.52 bits per heavy atom. The highest BCUT2D eigenvalue weighted by Crippen LogP contribution is 2.21. The second-order valence-corrected chi connectivity index (χ2v) is 6.16. The van der Waals surface area contributed by atoms with Crippen LogP contribution in [0, 0.1) is 0 Å². The maximum Gasteiger partial charge on any atom is 0.315 e. The van der Waals surface area contributed by atoms with Crippen LogP contribution < -0.4 is 15.4 Å². The Morgan fingerprint density at radius 3 is 2.11 bits per heavy atom. The molecule has 0 unspecified atom stereocenters. The minimum atomic E-state index is -0.213. The number of carbonyl (C=O) groups excluding carboxylic acids is 1. The molecule has 27 heavy (non-hydrogen) atoms. The van der Waals surface area contributed by atoms with E-state index in [0.29, 0.717) is 13.2 Å². The van der Waals surface area contributed by atoms with Crippen LogP contribution in [-0.2, 0) is 6.54 Å². The average Bonchev–Trinajstić information content (AvgIpc) is 2.72. The van der Waals surface area contributed by atoms with E-state index in [4.69, 9.17) is 4.74 Å². The van der Waals surface area contributed by atoms with Gasteiger partial charge in [0.05, 0.1) is 12.6 Å². The van der Waals surface area contributed by atoms with Gasteiger partial charge < -0.3 is 15.4 Å². The Hall–Kier alpha value is -3.27. The van der Waals surface area contributed by atoms with Crippen molar-refractivity contribution in [3.63, 3.8) is 0 Å². The molecule has 4 nitrogen and oxygen atoms in total. The van der Waals surface area contributed by atoms with Gasteiger partial charge in [0.15, 0.2) is 0 Å². The molecule has 0 bridgehead atoms. The molecule has 0 saturated carbocycles. The lowest BCUT2D eigenvalue weighted by molar-refractivity contribution is 0.238. The van der Waals surface area contributed by atoms with Crippen molar-refractivity contribution in [2.45, 2.75) is 19.5 Å². The highest BCUT2D eigenvalue weighted by molar-refractivity contribution is 5.75. The number of urea groups is 1. The van der Waals surface area contributed by atoms with E-state index in [9.17, 15) is 4.79 Å². The fraction of sp³-hybridized carbons (Fsp3) is 0.174. The zero-order valence-corrected chi connectivity index (χ0v) is 15.4. The van der Waals surface area contributed by atoms with Gasteiger partial charge in [-0.15, -0.1) is 0 Å². The van der Waals surface area contributed by atoms with Crippen molar-refractivity contribution in [2.75, 3.05) is 6.61 Å². The number of hydrogen-bond acceptors (Lipinski definition) is 2. The molecule has 0 aromatic heterocycles. The summed E-state index contributed by atoms with van der Waals surface area (Å²) in [5, 5.41) is 6.01. The SMILES string of the molecule is CCOc1cccc(CNC(=O)NC(c2ccccc2)c2ccccc2)c1. The van der Waals surface area contributed by atoms with Crippen molar-refractivity contribution >= 4 is 6.03 Å². The molecule has 0 radical (unpaired) electrons. The molecule has 0 fully saturated rings. The van der Waals surface area contributed by atoms with E-state index in [1.807, 2.05) is 91.9 Å². The lowest BCUT2D eigenvalue weighted by Gasteiger charge is -2.20. The molecule has 2 N–H and O–H groups in total. The summed E-state index contributed by atoms with van der Waals surface area (Å²) in [4.78, 5) is 12.5. The van der Waals surface area contributed by atoms with E-state index >= 15 is 0 Å². The van der Waals surface area contributed by atoms with E-state index in [1.54, 1.807) is 0 Å². The minimum Gasteiger partial charge on any atom is -0.494 e. The second kappa shape index (κ2) is 9.43. The van der Waals surface area contributed by atoms with Gasteiger partial charge in [-0.25, -0.2) is 4.79 Å². The van der Waals surface area contributed by atoms with E-state index in [-0.39, 0.29) is 12.1 Å². The van der Waals surface area contributed by atoms with Crippen molar-refractivity contribution in [1.82, 2.24) is 10.6 Å². The highest BCUT2D eigenvalue weighted by Gasteiger charge is 2.16. The van der Waals surface area contributed by atoms with E-state index in [2.05, 4.69) is 10.6 Å². The molecule has 3 aromatic carbocycles. The molecule has 0 heterocycles. The maximum absolute atomic E-state index is 12.5. The van der Waals surface area contributed by atoms with Crippen LogP contribution in [0.25, 0.3) is 0 Å². The molecule has 0 aliphatic carbocycles. The largest absolute Gasteiger partial charge is 0.494 e. The molecule has 0 spiro atoms. The van der Waals surface area contributed by atoms with Crippen molar-refractivity contribution in [1.29, 1.82) is 0 Å². The predicted molar refractivity (Wildman–Crippen MR) is 108 cm³/mol. The maximum atomic E-state index is 12.5. The molecule has 3 rings (SSSR count). The third-order valence-electron chi connectivity index (χ3n) is 4.20. The van der Waals surface area contributed by atoms with Crippen molar-refractivity contribution in [3.05, 3.63) is 102 Å². The van der Waals surface area contributed by atoms with Gasteiger partial charge in [0, 0.05) is 6.54 Å². The number of amides is 2. The van der Waals surface area contributed by atoms with Gasteiger partial charge in [0.2, 0.25) is 0 Å². The van der Waals surface area contributed by atoms with Gasteiger partial charge in [0.25, 0.3) is 0 Å². The number of rotatable bonds is 7. The Balaban J connectivity index is 1.67. The summed E-state index contributed by atoms with van der Waals surface area (Å²) < 4.78 is 5.51. The van der Waals surface area contributed by atoms with Crippen LogP contribution in [-0.4, -0.2) is 12.6 Å². The fourth-order valence-electron chi connectivity index (χ4n) is 2.93. The first-order valence-corrected chi connectivity index (χ1v) is 9.12. The molecule has 0 saturated heterocycles. The number of benzene rings is 3. The van der Waals surface area contributed by atoms with Gasteiger partial charge >= 0.3 is 6.03 Å². The summed E-state index contributed by atoms with van der Waals surface area (Å²) in [5.41, 5.74) is 3.07. The summed E-state index contributed by atoms with van der Waals surface area (Å²) in [6, 6.07) is 27.2. The highest BCUT2D eigenvalue weighted by atomic mass is 16.5. The molecule has 2 amide bonds. The van der Waals surface area contributed by atoms with Crippen LogP contribution in [0.15, 0.2) is 84.9 Å². The minimum absolute atomic E-state index is 0.206. The zero-order chi connectivity index (χ0) is 18.9. The van der Waals surface area contributed by atoms with Crippen LogP contribution in [0.4, 0.5) is 4.79 Å². The second-order valence-electron chi connectivity index (χ2n) is 6.16. The van der Waals surface area contributed by atoms with Crippen molar-refractivity contribution < 1.29 is 9.53 Å². The Bertz CT molecular complexity index is 811. The quantitative estimate of drug-likeness (QED) is 0.643. The number of hydrogen-bond donors (Lipinski definition) is 2. The average molecular weight is 360 g/mol. The van der Waals surface area contributed by atoms with Crippen molar-refractivity contribution in [2.24, 2.45) is 0 Å². The van der Waals surface area contributed by atoms with Crippen LogP contribution in [0.5, 0.6) is 5.75 Å². The molecule has 3 aromatic rings. The third kappa shape index (κ3) is 5.35. The van der Waals surface area contributed by atoms with Gasteiger partial charge in [-0.2, -0.15) is 0 Å². The molecule has 0 atom stereocenters. The molecule has 4 heteroatoms. The summed E-state index contributed by atoms with van der Waals surface area (Å²) in [6.07, 6.45) is 0. The molecular weight excluding hydrogens is 336 g/mol. The molecular formula is C23H24N2O2. The van der Waals surface area contributed by atoms with Gasteiger partial charge in [-0.3, -0.25) is 0 Å². The third-order valence-corrected chi connectivity index (χ3v) is 4.20. The Labute approximate surface area is 160 Å². The van der Waals surface area contributed by atoms with E-state index < -0.39 is 0 Å². The number of ether oxygens (including phenoxy) is 1. The smallest absolute Gasteiger partial charge is 0.315 e. The monoisotopic (exact) mass is 360 g/mol. The van der Waals surface area contributed by atoms with E-state index in [0.717, 1.165) is 22.4 Å².